The molecule has 0 atom stereocenters. The number of piperidine rings is 1. The van der Waals surface area contributed by atoms with E-state index in [-0.39, 0.29) is 34.8 Å². The molecule has 0 saturated carbocycles. The number of carbonyl (C=O) groups is 1. The van der Waals surface area contributed by atoms with Gasteiger partial charge in [0.2, 0.25) is 0 Å². The number of halogens is 1. The number of phenolic OH excluding ortho intramolecular Hbond substituents is 1. The molecule has 0 amide bonds. The Kier molecular flexibility index (Phi) is 8.87. The van der Waals surface area contributed by atoms with Crippen molar-refractivity contribution in [2.45, 2.75) is 32.0 Å². The summed E-state index contributed by atoms with van der Waals surface area (Å²) in [5.41, 5.74) is 2.36. The first-order valence-electron chi connectivity index (χ1n) is 12.0. The van der Waals surface area contributed by atoms with E-state index < -0.39 is 0 Å². The monoisotopic (exact) mass is 507 g/mol. The Morgan fingerprint density at radius 3 is 2.58 bits per heavy atom. The van der Waals surface area contributed by atoms with Gasteiger partial charge in [0.15, 0.2) is 17.3 Å². The Morgan fingerprint density at radius 1 is 1.06 bits per heavy atom. The number of benzene rings is 3. The van der Waals surface area contributed by atoms with E-state index in [9.17, 15) is 9.90 Å². The largest absolute Gasteiger partial charge is 0.503 e. The Balaban J connectivity index is 1.37. The highest BCUT2D eigenvalue weighted by Gasteiger charge is 2.15. The number of ether oxygens (including phenoxy) is 3. The molecule has 0 unspecified atom stereocenters. The van der Waals surface area contributed by atoms with Crippen LogP contribution in [0.2, 0.25) is 5.02 Å². The molecule has 3 aromatic carbocycles. The van der Waals surface area contributed by atoms with Gasteiger partial charge in [0, 0.05) is 12.5 Å². The molecule has 188 valence electrons. The molecule has 3 aromatic rings. The summed E-state index contributed by atoms with van der Waals surface area (Å²) in [6, 6.07) is 18.7. The summed E-state index contributed by atoms with van der Waals surface area (Å²) in [6.45, 7) is 2.28. The predicted octanol–water partition coefficient (Wildman–Crippen LogP) is 5.59. The van der Waals surface area contributed by atoms with Crippen LogP contribution in [0.25, 0.3) is 6.08 Å². The van der Waals surface area contributed by atoms with Crippen LogP contribution < -0.4 is 19.5 Å². The maximum absolute atomic E-state index is 12.7. The minimum atomic E-state index is -0.151. The summed E-state index contributed by atoms with van der Waals surface area (Å²) in [4.78, 5) is 12.7. The van der Waals surface area contributed by atoms with E-state index in [2.05, 4.69) is 5.32 Å². The SMILES string of the molecule is COc1ccc(/C=C/C(=O)Cc2ccccc2COc2cccc(OC3CCNCC3)c2)c(Cl)c1O. The molecule has 0 aliphatic carbocycles. The zero-order valence-corrected chi connectivity index (χ0v) is 21.0. The molecule has 4 rings (SSSR count). The third-order valence-corrected chi connectivity index (χ3v) is 6.45. The van der Waals surface area contributed by atoms with Crippen molar-refractivity contribution in [1.29, 1.82) is 0 Å². The summed E-state index contributed by atoms with van der Waals surface area (Å²) in [7, 11) is 1.45. The Morgan fingerprint density at radius 2 is 1.81 bits per heavy atom. The van der Waals surface area contributed by atoms with Gasteiger partial charge in [-0.05, 0) is 79.0 Å². The minimum Gasteiger partial charge on any atom is -0.503 e. The molecule has 1 aliphatic rings. The van der Waals surface area contributed by atoms with Crippen molar-refractivity contribution >= 4 is 23.5 Å². The number of hydrogen-bond donors (Lipinski definition) is 2. The number of carbonyl (C=O) groups excluding carboxylic acids is 1. The normalized spacial score (nSPS) is 14.1. The highest BCUT2D eigenvalue weighted by Crippen LogP contribution is 2.36. The number of phenols is 1. The van der Waals surface area contributed by atoms with Crippen LogP contribution in [0, 0.1) is 0 Å². The molecule has 0 spiro atoms. The van der Waals surface area contributed by atoms with Crippen LogP contribution in [-0.4, -0.2) is 37.2 Å². The van der Waals surface area contributed by atoms with Crippen molar-refractivity contribution < 1.29 is 24.1 Å². The van der Waals surface area contributed by atoms with Gasteiger partial charge in [-0.2, -0.15) is 0 Å². The van der Waals surface area contributed by atoms with Gasteiger partial charge in [0.25, 0.3) is 0 Å². The summed E-state index contributed by atoms with van der Waals surface area (Å²) in [5, 5.41) is 13.5. The Labute approximate surface area is 216 Å². The highest BCUT2D eigenvalue weighted by atomic mass is 35.5. The second-order valence-corrected chi connectivity index (χ2v) is 8.97. The quantitative estimate of drug-likeness (QED) is 0.348. The molecule has 6 nitrogen and oxygen atoms in total. The Hall–Kier alpha value is -3.48. The van der Waals surface area contributed by atoms with Gasteiger partial charge in [-0.25, -0.2) is 0 Å². The highest BCUT2D eigenvalue weighted by molar-refractivity contribution is 6.33. The smallest absolute Gasteiger partial charge is 0.177 e. The maximum Gasteiger partial charge on any atom is 0.177 e. The molecule has 2 N–H and O–H groups in total. The zero-order chi connectivity index (χ0) is 25.3. The first kappa shape index (κ1) is 25.6. The van der Waals surface area contributed by atoms with E-state index >= 15 is 0 Å². The second kappa shape index (κ2) is 12.5. The molecule has 7 heteroatoms. The van der Waals surface area contributed by atoms with Crippen molar-refractivity contribution in [2.75, 3.05) is 20.2 Å². The molecule has 36 heavy (non-hydrogen) atoms. The minimum absolute atomic E-state index is 0.0915. The van der Waals surface area contributed by atoms with Crippen LogP contribution in [0.15, 0.2) is 66.7 Å². The molecular weight excluding hydrogens is 478 g/mol. The predicted molar refractivity (Wildman–Crippen MR) is 141 cm³/mol. The molecule has 0 aromatic heterocycles. The third kappa shape index (κ3) is 6.80. The number of ketones is 1. The average molecular weight is 508 g/mol. The summed E-state index contributed by atoms with van der Waals surface area (Å²) >= 11 is 6.19. The fraction of sp³-hybridized carbons (Fsp3) is 0.276. The van der Waals surface area contributed by atoms with Gasteiger partial charge in [0.05, 0.1) is 12.1 Å². The van der Waals surface area contributed by atoms with E-state index in [4.69, 9.17) is 25.8 Å². The zero-order valence-electron chi connectivity index (χ0n) is 20.2. The topological polar surface area (TPSA) is 77.0 Å². The third-order valence-electron chi connectivity index (χ3n) is 6.05. The summed E-state index contributed by atoms with van der Waals surface area (Å²) in [6.07, 6.45) is 5.48. The summed E-state index contributed by atoms with van der Waals surface area (Å²) in [5.74, 6) is 1.56. The van der Waals surface area contributed by atoms with E-state index in [0.717, 1.165) is 48.6 Å². The van der Waals surface area contributed by atoms with Gasteiger partial charge in [-0.1, -0.05) is 41.9 Å². The van der Waals surface area contributed by atoms with Crippen LogP contribution in [0.4, 0.5) is 0 Å². The van der Waals surface area contributed by atoms with Crippen LogP contribution in [0.5, 0.6) is 23.0 Å². The number of rotatable bonds is 10. The molecular formula is C29H30ClNO5. The number of methoxy groups -OCH3 is 1. The average Bonchev–Trinajstić information content (AvgIpc) is 2.90. The van der Waals surface area contributed by atoms with Gasteiger partial charge in [-0.3, -0.25) is 4.79 Å². The number of nitrogens with one attached hydrogen (secondary N) is 1. The lowest BCUT2D eigenvalue weighted by atomic mass is 10.0. The number of hydrogen-bond acceptors (Lipinski definition) is 6. The van der Waals surface area contributed by atoms with E-state index in [1.54, 1.807) is 18.2 Å². The first-order valence-corrected chi connectivity index (χ1v) is 12.3. The second-order valence-electron chi connectivity index (χ2n) is 8.60. The number of aromatic hydroxyl groups is 1. The lowest BCUT2D eigenvalue weighted by Crippen LogP contribution is -2.34. The van der Waals surface area contributed by atoms with Crippen molar-refractivity contribution in [3.63, 3.8) is 0 Å². The fourth-order valence-electron chi connectivity index (χ4n) is 4.06. The fourth-order valence-corrected chi connectivity index (χ4v) is 4.28. The lowest BCUT2D eigenvalue weighted by Gasteiger charge is -2.24. The van der Waals surface area contributed by atoms with Crippen molar-refractivity contribution in [3.05, 3.63) is 88.5 Å². The van der Waals surface area contributed by atoms with Gasteiger partial charge in [0.1, 0.15) is 24.2 Å². The maximum atomic E-state index is 12.7. The van der Waals surface area contributed by atoms with Crippen LogP contribution in [0.1, 0.15) is 29.5 Å². The van der Waals surface area contributed by atoms with Gasteiger partial charge >= 0.3 is 0 Å². The first-order chi connectivity index (χ1) is 17.5. The van der Waals surface area contributed by atoms with E-state index in [1.807, 2.05) is 48.5 Å². The molecule has 1 heterocycles. The summed E-state index contributed by atoms with van der Waals surface area (Å²) < 4.78 is 17.2. The van der Waals surface area contributed by atoms with Crippen LogP contribution in [0.3, 0.4) is 0 Å². The lowest BCUT2D eigenvalue weighted by molar-refractivity contribution is -0.113. The van der Waals surface area contributed by atoms with Crippen molar-refractivity contribution in [1.82, 2.24) is 5.32 Å². The molecule has 0 radical (unpaired) electrons. The van der Waals surface area contributed by atoms with E-state index in [1.165, 1.54) is 13.2 Å². The van der Waals surface area contributed by atoms with Gasteiger partial charge in [-0.15, -0.1) is 0 Å². The molecule has 0 bridgehead atoms. The van der Waals surface area contributed by atoms with E-state index in [0.29, 0.717) is 12.2 Å². The number of allylic oxidation sites excluding steroid dienone is 1. The molecule has 1 saturated heterocycles. The van der Waals surface area contributed by atoms with Crippen molar-refractivity contribution in [2.24, 2.45) is 0 Å². The van der Waals surface area contributed by atoms with Crippen LogP contribution in [-0.2, 0) is 17.8 Å². The Bertz CT molecular complexity index is 1220. The standard InChI is InChI=1S/C29H30ClNO5/c1-34-27-12-10-20(28(30)29(27)33)9-11-23(32)17-21-5-2-3-6-22(21)19-35-25-7-4-8-26(18-25)36-24-13-15-31-16-14-24/h2-12,18,24,31,33H,13-17,19H2,1H3/b11-9+. The van der Waals surface area contributed by atoms with Crippen molar-refractivity contribution in [3.8, 4) is 23.0 Å². The van der Waals surface area contributed by atoms with Gasteiger partial charge < -0.3 is 24.6 Å². The molecule has 1 fully saturated rings. The molecule has 1 aliphatic heterocycles. The van der Waals surface area contributed by atoms with Crippen LogP contribution >= 0.6 is 11.6 Å².